The smallest absolute Gasteiger partial charge is 0.234 e. The van der Waals surface area contributed by atoms with E-state index in [9.17, 15) is 9.59 Å². The van der Waals surface area contributed by atoms with E-state index in [1.807, 2.05) is 18.9 Å². The van der Waals surface area contributed by atoms with Crippen LogP contribution in [0.5, 0.6) is 0 Å². The van der Waals surface area contributed by atoms with Crippen molar-refractivity contribution in [1.82, 2.24) is 10.2 Å². The van der Waals surface area contributed by atoms with Crippen LogP contribution in [0.4, 0.5) is 0 Å². The molecule has 1 rings (SSSR count). The summed E-state index contributed by atoms with van der Waals surface area (Å²) in [7, 11) is 1.83. The zero-order valence-electron chi connectivity index (χ0n) is 10.2. The average Bonchev–Trinajstić information content (AvgIpc) is 2.73. The molecule has 1 aromatic heterocycles. The first-order valence-electron chi connectivity index (χ1n) is 5.64. The van der Waals surface area contributed by atoms with Crippen LogP contribution in [0, 0.1) is 0 Å². The highest BCUT2D eigenvalue weighted by Crippen LogP contribution is 2.07. The summed E-state index contributed by atoms with van der Waals surface area (Å²) in [5, 5.41) is 2.80. The summed E-state index contributed by atoms with van der Waals surface area (Å²) < 4.78 is 5.22. The summed E-state index contributed by atoms with van der Waals surface area (Å²) in [6.07, 6.45) is 1.59. The van der Waals surface area contributed by atoms with E-state index in [0.717, 1.165) is 6.42 Å². The second-order valence-electron chi connectivity index (χ2n) is 3.94. The van der Waals surface area contributed by atoms with Gasteiger partial charge < -0.3 is 9.73 Å². The van der Waals surface area contributed by atoms with Gasteiger partial charge in [0.15, 0.2) is 12.0 Å². The van der Waals surface area contributed by atoms with Crippen molar-refractivity contribution in [2.24, 2.45) is 0 Å². The van der Waals surface area contributed by atoms with Gasteiger partial charge >= 0.3 is 0 Å². The van der Waals surface area contributed by atoms with Crippen LogP contribution < -0.4 is 5.32 Å². The topological polar surface area (TPSA) is 62.6 Å². The van der Waals surface area contributed by atoms with Crippen LogP contribution in [0.3, 0.4) is 0 Å². The molecule has 0 aliphatic heterocycles. The Morgan fingerprint density at radius 1 is 1.53 bits per heavy atom. The Morgan fingerprint density at radius 3 is 2.88 bits per heavy atom. The van der Waals surface area contributed by atoms with E-state index in [2.05, 4.69) is 5.32 Å². The molecule has 1 aromatic rings. The Kier molecular flexibility index (Phi) is 5.42. The van der Waals surface area contributed by atoms with Gasteiger partial charge in [0, 0.05) is 6.54 Å². The summed E-state index contributed by atoms with van der Waals surface area (Å²) in [5.74, 6) is 0.984. The third-order valence-corrected chi connectivity index (χ3v) is 2.21. The molecule has 0 unspecified atom stereocenters. The normalized spacial score (nSPS) is 10.5. The Bertz CT molecular complexity index is 374. The highest BCUT2D eigenvalue weighted by atomic mass is 16.3. The number of nitrogens with zero attached hydrogens (tertiary/aromatic N) is 1. The van der Waals surface area contributed by atoms with E-state index >= 15 is 0 Å². The number of hydrogen-bond donors (Lipinski definition) is 1. The molecule has 0 saturated carbocycles. The molecule has 0 saturated heterocycles. The van der Waals surface area contributed by atoms with Crippen LogP contribution in [0.25, 0.3) is 0 Å². The van der Waals surface area contributed by atoms with E-state index in [1.54, 1.807) is 12.1 Å². The number of carbonyl (C=O) groups excluding carboxylic acids is 2. The largest absolute Gasteiger partial charge is 0.457 e. The van der Waals surface area contributed by atoms with Gasteiger partial charge in [-0.2, -0.15) is 0 Å². The molecule has 0 aliphatic carbocycles. The lowest BCUT2D eigenvalue weighted by Gasteiger charge is -2.14. The Balaban J connectivity index is 2.35. The van der Waals surface area contributed by atoms with Crippen molar-refractivity contribution in [3.05, 3.63) is 23.7 Å². The number of nitrogens with one attached hydrogen (secondary N) is 1. The van der Waals surface area contributed by atoms with Gasteiger partial charge in [0.25, 0.3) is 0 Å². The van der Waals surface area contributed by atoms with E-state index in [-0.39, 0.29) is 5.91 Å². The Hall–Kier alpha value is -1.62. The maximum atomic E-state index is 11.4. The zero-order valence-corrected chi connectivity index (χ0v) is 10.2. The highest BCUT2D eigenvalue weighted by molar-refractivity contribution is 5.77. The maximum absolute atomic E-state index is 11.4. The molecular formula is C12H18N2O3. The monoisotopic (exact) mass is 238 g/mol. The fraction of sp³-hybridized carbons (Fsp3) is 0.500. The molecule has 5 nitrogen and oxygen atoms in total. The number of furan rings is 1. The zero-order chi connectivity index (χ0) is 12.7. The van der Waals surface area contributed by atoms with Crippen LogP contribution in [-0.4, -0.2) is 37.2 Å². The molecular weight excluding hydrogens is 220 g/mol. The third kappa shape index (κ3) is 4.82. The molecule has 1 heterocycles. The Morgan fingerprint density at radius 2 is 2.29 bits per heavy atom. The van der Waals surface area contributed by atoms with Crippen molar-refractivity contribution in [2.75, 3.05) is 20.1 Å². The van der Waals surface area contributed by atoms with Crippen molar-refractivity contribution in [3.8, 4) is 0 Å². The molecule has 0 aliphatic rings. The fourth-order valence-corrected chi connectivity index (χ4v) is 1.43. The van der Waals surface area contributed by atoms with Crippen molar-refractivity contribution in [1.29, 1.82) is 0 Å². The van der Waals surface area contributed by atoms with Gasteiger partial charge in [-0.1, -0.05) is 6.92 Å². The second kappa shape index (κ2) is 6.85. The minimum absolute atomic E-state index is 0.00323. The first-order chi connectivity index (χ1) is 8.15. The van der Waals surface area contributed by atoms with Crippen molar-refractivity contribution < 1.29 is 14.0 Å². The van der Waals surface area contributed by atoms with Gasteiger partial charge in [-0.15, -0.1) is 0 Å². The van der Waals surface area contributed by atoms with Crippen LogP contribution in [0.1, 0.15) is 29.7 Å². The van der Waals surface area contributed by atoms with Crippen LogP contribution in [0.15, 0.2) is 16.5 Å². The predicted octanol–water partition coefficient (Wildman–Crippen LogP) is 1.05. The summed E-state index contributed by atoms with van der Waals surface area (Å²) in [6, 6.07) is 3.36. The Labute approximate surface area is 101 Å². The van der Waals surface area contributed by atoms with Crippen LogP contribution in [-0.2, 0) is 11.3 Å². The predicted molar refractivity (Wildman–Crippen MR) is 63.7 cm³/mol. The molecule has 0 aromatic carbocycles. The van der Waals surface area contributed by atoms with E-state index in [1.165, 1.54) is 0 Å². The average molecular weight is 238 g/mol. The quantitative estimate of drug-likeness (QED) is 0.721. The summed E-state index contributed by atoms with van der Waals surface area (Å²) in [6.45, 7) is 3.53. The molecule has 0 bridgehead atoms. The minimum atomic E-state index is -0.00323. The van der Waals surface area contributed by atoms with Gasteiger partial charge in [-0.05, 0) is 25.6 Å². The number of likely N-dealkylation sites (N-methyl/N-ethyl adjacent to an activating group) is 1. The number of rotatable bonds is 7. The highest BCUT2D eigenvalue weighted by Gasteiger charge is 2.08. The van der Waals surface area contributed by atoms with Crippen molar-refractivity contribution in [3.63, 3.8) is 0 Å². The first-order valence-corrected chi connectivity index (χ1v) is 5.64. The van der Waals surface area contributed by atoms with Gasteiger partial charge in [0.1, 0.15) is 5.76 Å². The second-order valence-corrected chi connectivity index (χ2v) is 3.94. The van der Waals surface area contributed by atoms with E-state index in [4.69, 9.17) is 4.42 Å². The van der Waals surface area contributed by atoms with Gasteiger partial charge in [0.2, 0.25) is 5.91 Å². The molecule has 1 N–H and O–H groups in total. The summed E-state index contributed by atoms with van der Waals surface area (Å²) in [5.41, 5.74) is 0. The molecule has 17 heavy (non-hydrogen) atoms. The fourth-order valence-electron chi connectivity index (χ4n) is 1.43. The molecule has 0 atom stereocenters. The molecule has 0 fully saturated rings. The number of hydrogen-bond acceptors (Lipinski definition) is 4. The minimum Gasteiger partial charge on any atom is -0.457 e. The van der Waals surface area contributed by atoms with E-state index in [0.29, 0.717) is 37.4 Å². The molecule has 1 amide bonds. The van der Waals surface area contributed by atoms with Gasteiger partial charge in [0.05, 0.1) is 13.1 Å². The summed E-state index contributed by atoms with van der Waals surface area (Å²) >= 11 is 0. The SMILES string of the molecule is CCCNC(=O)CN(C)Cc1ccc(C=O)o1. The van der Waals surface area contributed by atoms with E-state index < -0.39 is 0 Å². The lowest BCUT2D eigenvalue weighted by molar-refractivity contribution is -0.122. The van der Waals surface area contributed by atoms with Crippen molar-refractivity contribution >= 4 is 12.2 Å². The van der Waals surface area contributed by atoms with Gasteiger partial charge in [-0.3, -0.25) is 14.5 Å². The van der Waals surface area contributed by atoms with Crippen molar-refractivity contribution in [2.45, 2.75) is 19.9 Å². The molecule has 0 radical (unpaired) electrons. The van der Waals surface area contributed by atoms with Crippen LogP contribution in [0.2, 0.25) is 0 Å². The van der Waals surface area contributed by atoms with Crippen LogP contribution >= 0.6 is 0 Å². The number of carbonyl (C=O) groups is 2. The standard InChI is InChI=1S/C12H18N2O3/c1-3-6-13-12(16)8-14(2)7-10-4-5-11(9-15)17-10/h4-5,9H,3,6-8H2,1-2H3,(H,13,16). The molecule has 5 heteroatoms. The van der Waals surface area contributed by atoms with Gasteiger partial charge in [-0.25, -0.2) is 0 Å². The molecule has 94 valence electrons. The third-order valence-electron chi connectivity index (χ3n) is 2.21. The maximum Gasteiger partial charge on any atom is 0.234 e. The lowest BCUT2D eigenvalue weighted by Crippen LogP contribution is -2.35. The number of amides is 1. The molecule has 0 spiro atoms. The lowest BCUT2D eigenvalue weighted by atomic mass is 10.4. The first kappa shape index (κ1) is 13.4. The summed E-state index contributed by atoms with van der Waals surface area (Å²) in [4.78, 5) is 23.7. The number of aldehydes is 1.